The van der Waals surface area contributed by atoms with Gasteiger partial charge in [0.05, 0.1) is 13.2 Å². The van der Waals surface area contributed by atoms with E-state index in [0.717, 1.165) is 37.4 Å². The van der Waals surface area contributed by atoms with Gasteiger partial charge in [-0.15, -0.1) is 0 Å². The summed E-state index contributed by atoms with van der Waals surface area (Å²) in [4.78, 5) is 0. The van der Waals surface area contributed by atoms with Crippen LogP contribution >= 0.6 is 0 Å². The van der Waals surface area contributed by atoms with Crippen LogP contribution in [0.15, 0.2) is 18.2 Å². The average molecular weight is 291 g/mol. The second-order valence-electron chi connectivity index (χ2n) is 6.14. The first-order valence-corrected chi connectivity index (χ1v) is 7.98. The number of methoxy groups -OCH3 is 1. The van der Waals surface area contributed by atoms with E-state index in [1.165, 1.54) is 18.4 Å². The molecule has 0 amide bonds. The van der Waals surface area contributed by atoms with Crippen molar-refractivity contribution in [2.75, 3.05) is 26.8 Å². The van der Waals surface area contributed by atoms with E-state index in [4.69, 9.17) is 9.47 Å². The fourth-order valence-electron chi connectivity index (χ4n) is 3.52. The highest BCUT2D eigenvalue weighted by atomic mass is 16.5. The molecule has 1 aromatic rings. The number of hydrogen-bond acceptors (Lipinski definition) is 4. The first-order chi connectivity index (χ1) is 10.3. The second-order valence-corrected chi connectivity index (χ2v) is 6.14. The standard InChI is InChI=1S/C17H25NO3/c1-20-16-7-6-12(15-10-18-9-13(15)11-19)8-17(16)21-14-4-2-3-5-14/h6-8,13-15,18-19H,2-5,9-11H2,1H3. The molecule has 1 saturated heterocycles. The maximum Gasteiger partial charge on any atom is 0.161 e. The van der Waals surface area contributed by atoms with Gasteiger partial charge in [-0.2, -0.15) is 0 Å². The number of rotatable bonds is 5. The minimum Gasteiger partial charge on any atom is -0.493 e. The number of aliphatic hydroxyl groups excluding tert-OH is 1. The molecule has 0 aromatic heterocycles. The molecule has 3 rings (SSSR count). The molecular formula is C17H25NO3. The Labute approximate surface area is 126 Å². The molecule has 21 heavy (non-hydrogen) atoms. The normalized spacial score (nSPS) is 26.2. The molecule has 2 N–H and O–H groups in total. The Hall–Kier alpha value is -1.26. The lowest BCUT2D eigenvalue weighted by Crippen LogP contribution is -2.16. The maximum atomic E-state index is 9.50. The van der Waals surface area contributed by atoms with Crippen LogP contribution in [0.3, 0.4) is 0 Å². The predicted octanol–water partition coefficient (Wildman–Crippen LogP) is 2.31. The summed E-state index contributed by atoms with van der Waals surface area (Å²) < 4.78 is 11.6. The molecule has 1 saturated carbocycles. The molecule has 0 bridgehead atoms. The van der Waals surface area contributed by atoms with Crippen molar-refractivity contribution in [3.63, 3.8) is 0 Å². The van der Waals surface area contributed by atoms with Crippen molar-refractivity contribution < 1.29 is 14.6 Å². The number of nitrogens with one attached hydrogen (secondary N) is 1. The molecular weight excluding hydrogens is 266 g/mol. The van der Waals surface area contributed by atoms with Crippen molar-refractivity contribution in [3.8, 4) is 11.5 Å². The van der Waals surface area contributed by atoms with Gasteiger partial charge in [-0.1, -0.05) is 6.07 Å². The summed E-state index contributed by atoms with van der Waals surface area (Å²) >= 11 is 0. The van der Waals surface area contributed by atoms with Crippen LogP contribution in [-0.4, -0.2) is 38.0 Å². The molecule has 1 aliphatic heterocycles. The number of ether oxygens (including phenoxy) is 2. The zero-order valence-corrected chi connectivity index (χ0v) is 12.7. The van der Waals surface area contributed by atoms with Gasteiger partial charge >= 0.3 is 0 Å². The topological polar surface area (TPSA) is 50.7 Å². The number of hydrogen-bond donors (Lipinski definition) is 2. The van der Waals surface area contributed by atoms with Crippen LogP contribution in [-0.2, 0) is 0 Å². The van der Waals surface area contributed by atoms with Crippen molar-refractivity contribution in [3.05, 3.63) is 23.8 Å². The predicted molar refractivity (Wildman–Crippen MR) is 82.1 cm³/mol. The first-order valence-electron chi connectivity index (χ1n) is 7.98. The van der Waals surface area contributed by atoms with E-state index in [-0.39, 0.29) is 12.5 Å². The molecule has 4 nitrogen and oxygen atoms in total. The molecule has 0 spiro atoms. The van der Waals surface area contributed by atoms with Crippen LogP contribution in [0.5, 0.6) is 11.5 Å². The quantitative estimate of drug-likeness (QED) is 0.874. The summed E-state index contributed by atoms with van der Waals surface area (Å²) in [7, 11) is 1.68. The van der Waals surface area contributed by atoms with Gasteiger partial charge in [0, 0.05) is 31.5 Å². The molecule has 2 aliphatic rings. The SMILES string of the molecule is COc1ccc(C2CNCC2CO)cc1OC1CCCC1. The minimum absolute atomic E-state index is 0.225. The Morgan fingerprint density at radius 2 is 2.00 bits per heavy atom. The van der Waals surface area contributed by atoms with Crippen LogP contribution in [0.2, 0.25) is 0 Å². The van der Waals surface area contributed by atoms with Crippen molar-refractivity contribution in [1.82, 2.24) is 5.32 Å². The molecule has 1 aliphatic carbocycles. The number of aliphatic hydroxyl groups is 1. The van der Waals surface area contributed by atoms with Gasteiger partial charge in [0.25, 0.3) is 0 Å². The van der Waals surface area contributed by atoms with E-state index in [1.807, 2.05) is 6.07 Å². The Bertz CT molecular complexity index is 471. The monoisotopic (exact) mass is 291 g/mol. The van der Waals surface area contributed by atoms with Gasteiger partial charge < -0.3 is 19.9 Å². The molecule has 0 radical (unpaired) electrons. The lowest BCUT2D eigenvalue weighted by atomic mass is 9.89. The van der Waals surface area contributed by atoms with E-state index in [0.29, 0.717) is 12.0 Å². The van der Waals surface area contributed by atoms with Crippen LogP contribution in [0.25, 0.3) is 0 Å². The van der Waals surface area contributed by atoms with Crippen LogP contribution in [0.4, 0.5) is 0 Å². The summed E-state index contributed by atoms with van der Waals surface area (Å²) in [5.74, 6) is 2.30. The Morgan fingerprint density at radius 3 is 2.71 bits per heavy atom. The van der Waals surface area contributed by atoms with Gasteiger partial charge in [-0.3, -0.25) is 0 Å². The molecule has 1 heterocycles. The van der Waals surface area contributed by atoms with E-state index in [1.54, 1.807) is 7.11 Å². The second kappa shape index (κ2) is 6.67. The smallest absolute Gasteiger partial charge is 0.161 e. The Morgan fingerprint density at radius 1 is 1.19 bits per heavy atom. The molecule has 2 unspecified atom stereocenters. The summed E-state index contributed by atoms with van der Waals surface area (Å²) in [6, 6.07) is 6.20. The lowest BCUT2D eigenvalue weighted by molar-refractivity contribution is 0.200. The summed E-state index contributed by atoms with van der Waals surface area (Å²) in [5, 5.41) is 12.9. The molecule has 116 valence electrons. The zero-order chi connectivity index (χ0) is 14.7. The van der Waals surface area contributed by atoms with Gasteiger partial charge in [0.2, 0.25) is 0 Å². The summed E-state index contributed by atoms with van der Waals surface area (Å²) in [6.45, 7) is 2.02. The Kier molecular flexibility index (Phi) is 4.66. The first kappa shape index (κ1) is 14.7. The average Bonchev–Trinajstić information content (AvgIpc) is 3.18. The van der Waals surface area contributed by atoms with Gasteiger partial charge in [-0.05, 0) is 43.4 Å². The zero-order valence-electron chi connectivity index (χ0n) is 12.7. The highest BCUT2D eigenvalue weighted by Crippen LogP contribution is 2.36. The fourth-order valence-corrected chi connectivity index (χ4v) is 3.52. The highest BCUT2D eigenvalue weighted by molar-refractivity contribution is 5.44. The van der Waals surface area contributed by atoms with Crippen molar-refractivity contribution >= 4 is 0 Å². The minimum atomic E-state index is 0.225. The lowest BCUT2D eigenvalue weighted by Gasteiger charge is -2.20. The van der Waals surface area contributed by atoms with Gasteiger partial charge in [-0.25, -0.2) is 0 Å². The number of benzene rings is 1. The third-order valence-electron chi connectivity index (χ3n) is 4.79. The highest BCUT2D eigenvalue weighted by Gasteiger charge is 2.29. The van der Waals surface area contributed by atoms with Crippen molar-refractivity contribution in [1.29, 1.82) is 0 Å². The van der Waals surface area contributed by atoms with Crippen LogP contribution < -0.4 is 14.8 Å². The fraction of sp³-hybridized carbons (Fsp3) is 0.647. The van der Waals surface area contributed by atoms with Crippen molar-refractivity contribution in [2.24, 2.45) is 5.92 Å². The molecule has 2 atom stereocenters. The van der Waals surface area contributed by atoms with Gasteiger partial charge in [0.15, 0.2) is 11.5 Å². The summed E-state index contributed by atoms with van der Waals surface area (Å²) in [6.07, 6.45) is 5.11. The maximum absolute atomic E-state index is 9.50. The molecule has 2 fully saturated rings. The summed E-state index contributed by atoms with van der Waals surface area (Å²) in [5.41, 5.74) is 1.23. The van der Waals surface area contributed by atoms with E-state index in [2.05, 4.69) is 17.4 Å². The van der Waals surface area contributed by atoms with E-state index < -0.39 is 0 Å². The van der Waals surface area contributed by atoms with E-state index >= 15 is 0 Å². The largest absolute Gasteiger partial charge is 0.493 e. The molecule has 4 heteroatoms. The Balaban J connectivity index is 1.81. The van der Waals surface area contributed by atoms with Crippen molar-refractivity contribution in [2.45, 2.75) is 37.7 Å². The van der Waals surface area contributed by atoms with E-state index in [9.17, 15) is 5.11 Å². The third-order valence-corrected chi connectivity index (χ3v) is 4.79. The van der Waals surface area contributed by atoms with Crippen LogP contribution in [0.1, 0.15) is 37.2 Å². The third kappa shape index (κ3) is 3.16. The molecule has 1 aromatic carbocycles. The van der Waals surface area contributed by atoms with Crippen LogP contribution in [0, 0.1) is 5.92 Å². The van der Waals surface area contributed by atoms with Gasteiger partial charge in [0.1, 0.15) is 0 Å².